The molecule has 2 heterocycles. The van der Waals surface area contributed by atoms with Crippen LogP contribution in [-0.4, -0.2) is 29.6 Å². The molecular formula is C24H27N3O4. The third-order valence-corrected chi connectivity index (χ3v) is 5.14. The van der Waals surface area contributed by atoms with Crippen molar-refractivity contribution in [2.24, 2.45) is 0 Å². The summed E-state index contributed by atoms with van der Waals surface area (Å²) in [6, 6.07) is 15.3. The number of hydrogen-bond donors (Lipinski definition) is 1. The van der Waals surface area contributed by atoms with Crippen LogP contribution in [0.5, 0.6) is 17.2 Å². The number of nitrogens with zero attached hydrogens (tertiary/aromatic N) is 2. The first-order valence-corrected chi connectivity index (χ1v) is 10.2. The number of rotatable bonds is 6. The van der Waals surface area contributed by atoms with Crippen molar-refractivity contribution in [3.8, 4) is 22.9 Å². The second-order valence-electron chi connectivity index (χ2n) is 8.52. The number of aromatic nitrogens is 2. The summed E-state index contributed by atoms with van der Waals surface area (Å²) in [5.74, 6) is 2.10. The molecule has 1 N–H and O–H groups in total. The summed E-state index contributed by atoms with van der Waals surface area (Å²) in [6.07, 6.45) is 0.263. The van der Waals surface area contributed by atoms with E-state index in [1.807, 2.05) is 53.2 Å². The molecule has 1 amide bonds. The fraction of sp³-hybridized carbons (Fsp3) is 0.333. The Morgan fingerprint density at radius 1 is 1.10 bits per heavy atom. The third kappa shape index (κ3) is 4.66. The summed E-state index contributed by atoms with van der Waals surface area (Å²) in [6.45, 7) is 6.95. The van der Waals surface area contributed by atoms with Crippen molar-refractivity contribution in [2.75, 3.05) is 13.9 Å². The molecule has 7 heteroatoms. The van der Waals surface area contributed by atoms with Gasteiger partial charge in [-0.1, -0.05) is 26.8 Å². The highest BCUT2D eigenvalue weighted by Gasteiger charge is 2.21. The molecule has 4 rings (SSSR count). The van der Waals surface area contributed by atoms with Gasteiger partial charge in [0.15, 0.2) is 11.5 Å². The number of carbonyl (C=O) groups is 1. The minimum atomic E-state index is -0.108. The molecule has 1 aliphatic rings. The molecule has 0 bridgehead atoms. The Morgan fingerprint density at radius 2 is 1.84 bits per heavy atom. The number of hydrogen-bond acceptors (Lipinski definition) is 5. The quantitative estimate of drug-likeness (QED) is 0.656. The maximum Gasteiger partial charge on any atom is 0.231 e. The number of nitrogens with one attached hydrogen (secondary N) is 1. The highest BCUT2D eigenvalue weighted by molar-refractivity contribution is 5.78. The average Bonchev–Trinajstić information content (AvgIpc) is 3.39. The lowest BCUT2D eigenvalue weighted by Gasteiger charge is -2.14. The van der Waals surface area contributed by atoms with Crippen LogP contribution in [0.25, 0.3) is 5.69 Å². The Balaban J connectivity index is 1.50. The van der Waals surface area contributed by atoms with Gasteiger partial charge in [0.05, 0.1) is 37.2 Å². The number of methoxy groups -OCH3 is 1. The van der Waals surface area contributed by atoms with E-state index in [9.17, 15) is 4.79 Å². The fourth-order valence-electron chi connectivity index (χ4n) is 3.35. The lowest BCUT2D eigenvalue weighted by atomic mass is 9.92. The van der Waals surface area contributed by atoms with Crippen LogP contribution in [0.15, 0.2) is 48.5 Å². The summed E-state index contributed by atoms with van der Waals surface area (Å²) >= 11 is 0. The van der Waals surface area contributed by atoms with Gasteiger partial charge >= 0.3 is 0 Å². The van der Waals surface area contributed by atoms with Crippen LogP contribution >= 0.6 is 0 Å². The first-order chi connectivity index (χ1) is 14.8. The van der Waals surface area contributed by atoms with E-state index >= 15 is 0 Å². The largest absolute Gasteiger partial charge is 0.497 e. The molecule has 7 nitrogen and oxygen atoms in total. The van der Waals surface area contributed by atoms with Gasteiger partial charge < -0.3 is 19.5 Å². The molecule has 0 saturated heterocycles. The summed E-state index contributed by atoms with van der Waals surface area (Å²) in [5, 5.41) is 7.82. The van der Waals surface area contributed by atoms with Crippen molar-refractivity contribution in [2.45, 2.75) is 39.2 Å². The van der Waals surface area contributed by atoms with Crippen molar-refractivity contribution in [1.29, 1.82) is 0 Å². The third-order valence-electron chi connectivity index (χ3n) is 5.14. The van der Waals surface area contributed by atoms with Gasteiger partial charge in [-0.05, 0) is 48.0 Å². The molecule has 0 spiro atoms. The maximum atomic E-state index is 12.6. The number of amides is 1. The number of fused-ring (bicyclic) bond motifs is 1. The SMILES string of the molecule is COc1ccc(-n2nc(C(C)(C)C)cc2CNC(=O)Cc2ccc3c(c2)OCO3)cc1. The Labute approximate surface area is 181 Å². The number of benzene rings is 2. The second-order valence-corrected chi connectivity index (χ2v) is 8.52. The van der Waals surface area contributed by atoms with Gasteiger partial charge in [-0.15, -0.1) is 0 Å². The standard InChI is InChI=1S/C24H27N3O4/c1-24(2,3)22-13-18(27(26-22)17-6-8-19(29-4)9-7-17)14-25-23(28)12-16-5-10-20-21(11-16)31-15-30-20/h5-11,13H,12,14-15H2,1-4H3,(H,25,28). The lowest BCUT2D eigenvalue weighted by Crippen LogP contribution is -2.25. The maximum absolute atomic E-state index is 12.6. The van der Waals surface area contributed by atoms with Gasteiger partial charge in [-0.25, -0.2) is 4.68 Å². The molecule has 0 fully saturated rings. The van der Waals surface area contributed by atoms with E-state index in [1.54, 1.807) is 7.11 Å². The van der Waals surface area contributed by atoms with Crippen molar-refractivity contribution < 1.29 is 19.0 Å². The lowest BCUT2D eigenvalue weighted by molar-refractivity contribution is -0.120. The van der Waals surface area contributed by atoms with E-state index in [1.165, 1.54) is 0 Å². The van der Waals surface area contributed by atoms with E-state index in [4.69, 9.17) is 19.3 Å². The van der Waals surface area contributed by atoms with Crippen LogP contribution in [-0.2, 0) is 23.2 Å². The predicted octanol–water partition coefficient (Wildman–Crippen LogP) is 3.77. The molecule has 1 aliphatic heterocycles. The summed E-state index contributed by atoms with van der Waals surface area (Å²) in [4.78, 5) is 12.6. The normalized spacial score (nSPS) is 12.6. The first-order valence-electron chi connectivity index (χ1n) is 10.2. The Kier molecular flexibility index (Phi) is 5.59. The zero-order valence-corrected chi connectivity index (χ0v) is 18.3. The van der Waals surface area contributed by atoms with Crippen LogP contribution in [0.3, 0.4) is 0 Å². The van der Waals surface area contributed by atoms with Crippen molar-refractivity contribution in [3.63, 3.8) is 0 Å². The molecule has 1 aromatic heterocycles. The molecule has 3 aromatic rings. The Bertz CT molecular complexity index is 1080. The molecule has 0 unspecified atom stereocenters. The topological polar surface area (TPSA) is 74.6 Å². The summed E-state index contributed by atoms with van der Waals surface area (Å²) < 4.78 is 17.8. The average molecular weight is 421 g/mol. The summed E-state index contributed by atoms with van der Waals surface area (Å²) in [5.41, 5.74) is 3.55. The van der Waals surface area contributed by atoms with Crippen molar-refractivity contribution in [1.82, 2.24) is 15.1 Å². The Morgan fingerprint density at radius 3 is 2.55 bits per heavy atom. The van der Waals surface area contributed by atoms with Crippen LogP contribution in [0.1, 0.15) is 37.7 Å². The highest BCUT2D eigenvalue weighted by Crippen LogP contribution is 2.32. The second kappa shape index (κ2) is 8.34. The minimum absolute atomic E-state index is 0.0707. The van der Waals surface area contributed by atoms with Gasteiger partial charge in [-0.2, -0.15) is 5.10 Å². The van der Waals surface area contributed by atoms with Crippen LogP contribution in [0, 0.1) is 0 Å². The van der Waals surface area contributed by atoms with Crippen LogP contribution in [0.2, 0.25) is 0 Å². The van der Waals surface area contributed by atoms with Gasteiger partial charge in [0.1, 0.15) is 5.75 Å². The van der Waals surface area contributed by atoms with Crippen molar-refractivity contribution >= 4 is 5.91 Å². The molecule has 0 saturated carbocycles. The fourth-order valence-corrected chi connectivity index (χ4v) is 3.35. The number of carbonyl (C=O) groups excluding carboxylic acids is 1. The molecule has 0 aliphatic carbocycles. The van der Waals surface area contributed by atoms with Gasteiger partial charge in [0, 0.05) is 5.41 Å². The van der Waals surface area contributed by atoms with Crippen molar-refractivity contribution in [3.05, 3.63) is 65.5 Å². The van der Waals surface area contributed by atoms with E-state index in [0.29, 0.717) is 18.0 Å². The van der Waals surface area contributed by atoms with E-state index < -0.39 is 0 Å². The van der Waals surface area contributed by atoms with E-state index in [2.05, 4.69) is 26.1 Å². The smallest absolute Gasteiger partial charge is 0.231 e. The Hall–Kier alpha value is -3.48. The number of ether oxygens (including phenoxy) is 3. The first kappa shape index (κ1) is 20.8. The summed E-state index contributed by atoms with van der Waals surface area (Å²) in [7, 11) is 1.64. The molecule has 162 valence electrons. The molecule has 31 heavy (non-hydrogen) atoms. The minimum Gasteiger partial charge on any atom is -0.497 e. The van der Waals surface area contributed by atoms with Crippen LogP contribution in [0.4, 0.5) is 0 Å². The van der Waals surface area contributed by atoms with Gasteiger partial charge in [-0.3, -0.25) is 4.79 Å². The molecular weight excluding hydrogens is 394 g/mol. The molecule has 2 aromatic carbocycles. The van der Waals surface area contributed by atoms with Gasteiger partial charge in [0.25, 0.3) is 0 Å². The van der Waals surface area contributed by atoms with E-state index in [-0.39, 0.29) is 24.5 Å². The zero-order chi connectivity index (χ0) is 22.0. The zero-order valence-electron chi connectivity index (χ0n) is 18.3. The molecule has 0 atom stereocenters. The van der Waals surface area contributed by atoms with Crippen LogP contribution < -0.4 is 19.5 Å². The monoisotopic (exact) mass is 421 g/mol. The van der Waals surface area contributed by atoms with E-state index in [0.717, 1.165) is 28.4 Å². The van der Waals surface area contributed by atoms with Gasteiger partial charge in [0.2, 0.25) is 12.7 Å². The highest BCUT2D eigenvalue weighted by atomic mass is 16.7. The molecule has 0 radical (unpaired) electrons. The predicted molar refractivity (Wildman–Crippen MR) is 117 cm³/mol.